The smallest absolute Gasteiger partial charge is 0.319 e. The fourth-order valence-electron chi connectivity index (χ4n) is 1.50. The number of urea groups is 1. The molecule has 0 radical (unpaired) electrons. The second kappa shape index (κ2) is 6.63. The van der Waals surface area contributed by atoms with Crippen molar-refractivity contribution in [2.24, 2.45) is 0 Å². The number of anilines is 2. The molecular weight excluding hydrogens is 246 g/mol. The lowest BCUT2D eigenvalue weighted by atomic mass is 10.2. The standard InChI is InChI=1S/C13H19N3O3/c1-8(2)14-13(18)16-10-5-6-12(19-4)11(7-10)15-9(3)17/h5-8H,1-4H3,(H,15,17)(H2,14,16,18). The molecule has 0 aliphatic heterocycles. The molecule has 0 aliphatic carbocycles. The van der Waals surface area contributed by atoms with Crippen LogP contribution in [0.5, 0.6) is 5.75 Å². The highest BCUT2D eigenvalue weighted by Crippen LogP contribution is 2.27. The number of carbonyl (C=O) groups excluding carboxylic acids is 2. The molecule has 3 N–H and O–H groups in total. The SMILES string of the molecule is COc1ccc(NC(=O)NC(C)C)cc1NC(C)=O. The van der Waals surface area contributed by atoms with Crippen LogP contribution in [0, 0.1) is 0 Å². The van der Waals surface area contributed by atoms with Crippen LogP contribution in [0.1, 0.15) is 20.8 Å². The number of benzene rings is 1. The maximum Gasteiger partial charge on any atom is 0.319 e. The van der Waals surface area contributed by atoms with Gasteiger partial charge in [0.05, 0.1) is 12.8 Å². The number of carbonyl (C=O) groups is 2. The molecule has 6 nitrogen and oxygen atoms in total. The van der Waals surface area contributed by atoms with Gasteiger partial charge in [-0.3, -0.25) is 4.79 Å². The van der Waals surface area contributed by atoms with E-state index in [4.69, 9.17) is 4.74 Å². The van der Waals surface area contributed by atoms with Gasteiger partial charge in [-0.25, -0.2) is 4.79 Å². The van der Waals surface area contributed by atoms with Gasteiger partial charge in [0.2, 0.25) is 5.91 Å². The van der Waals surface area contributed by atoms with E-state index in [0.29, 0.717) is 17.1 Å². The predicted molar refractivity (Wildman–Crippen MR) is 74.6 cm³/mol. The normalized spacial score (nSPS) is 9.95. The van der Waals surface area contributed by atoms with Crippen LogP contribution in [0.3, 0.4) is 0 Å². The third kappa shape index (κ3) is 4.87. The fraction of sp³-hybridized carbons (Fsp3) is 0.385. The highest BCUT2D eigenvalue weighted by Gasteiger charge is 2.08. The Labute approximate surface area is 112 Å². The summed E-state index contributed by atoms with van der Waals surface area (Å²) in [6.45, 7) is 5.15. The first kappa shape index (κ1) is 14.8. The molecule has 3 amide bonds. The van der Waals surface area contributed by atoms with E-state index in [1.165, 1.54) is 14.0 Å². The summed E-state index contributed by atoms with van der Waals surface area (Å²) in [5, 5.41) is 8.04. The quantitative estimate of drug-likeness (QED) is 0.780. The van der Waals surface area contributed by atoms with Crippen LogP contribution in [0.25, 0.3) is 0 Å². The van der Waals surface area contributed by atoms with Gasteiger partial charge in [0, 0.05) is 18.7 Å². The molecule has 0 saturated heterocycles. The van der Waals surface area contributed by atoms with Crippen LogP contribution in [0.2, 0.25) is 0 Å². The number of ether oxygens (including phenoxy) is 1. The van der Waals surface area contributed by atoms with Crippen molar-refractivity contribution in [3.05, 3.63) is 18.2 Å². The zero-order valence-corrected chi connectivity index (χ0v) is 11.5. The average molecular weight is 265 g/mol. The topological polar surface area (TPSA) is 79.5 Å². The molecule has 0 fully saturated rings. The molecule has 6 heteroatoms. The molecule has 1 rings (SSSR count). The average Bonchev–Trinajstić information content (AvgIpc) is 2.27. The van der Waals surface area contributed by atoms with E-state index in [-0.39, 0.29) is 18.0 Å². The number of methoxy groups -OCH3 is 1. The van der Waals surface area contributed by atoms with Crippen molar-refractivity contribution in [3.8, 4) is 5.75 Å². The number of rotatable bonds is 4. The molecule has 0 aromatic heterocycles. The maximum atomic E-state index is 11.6. The summed E-state index contributed by atoms with van der Waals surface area (Å²) in [5.41, 5.74) is 1.08. The summed E-state index contributed by atoms with van der Waals surface area (Å²) in [5.74, 6) is 0.326. The van der Waals surface area contributed by atoms with Crippen molar-refractivity contribution in [1.29, 1.82) is 0 Å². The van der Waals surface area contributed by atoms with Crippen LogP contribution in [-0.4, -0.2) is 25.1 Å². The van der Waals surface area contributed by atoms with E-state index in [0.717, 1.165) is 0 Å². The molecule has 0 spiro atoms. The van der Waals surface area contributed by atoms with Crippen molar-refractivity contribution >= 4 is 23.3 Å². The van der Waals surface area contributed by atoms with Gasteiger partial charge in [-0.1, -0.05) is 0 Å². The first-order chi connectivity index (χ1) is 8.92. The Bertz CT molecular complexity index is 472. The number of amides is 3. The van der Waals surface area contributed by atoms with Gasteiger partial charge in [0.15, 0.2) is 0 Å². The van der Waals surface area contributed by atoms with Crippen LogP contribution in [0.4, 0.5) is 16.2 Å². The summed E-state index contributed by atoms with van der Waals surface area (Å²) >= 11 is 0. The van der Waals surface area contributed by atoms with Gasteiger partial charge in [-0.2, -0.15) is 0 Å². The molecule has 1 aromatic rings. The Hall–Kier alpha value is -2.24. The molecule has 1 aromatic carbocycles. The van der Waals surface area contributed by atoms with E-state index in [2.05, 4.69) is 16.0 Å². The van der Waals surface area contributed by atoms with Crippen LogP contribution < -0.4 is 20.7 Å². The van der Waals surface area contributed by atoms with Crippen molar-refractivity contribution in [3.63, 3.8) is 0 Å². The first-order valence-corrected chi connectivity index (χ1v) is 5.95. The lowest BCUT2D eigenvalue weighted by molar-refractivity contribution is -0.114. The molecule has 19 heavy (non-hydrogen) atoms. The number of hydrogen-bond acceptors (Lipinski definition) is 3. The Balaban J connectivity index is 2.85. The van der Waals surface area contributed by atoms with Crippen molar-refractivity contribution in [1.82, 2.24) is 5.32 Å². The van der Waals surface area contributed by atoms with Crippen LogP contribution in [-0.2, 0) is 4.79 Å². The fourth-order valence-corrected chi connectivity index (χ4v) is 1.50. The molecule has 0 unspecified atom stereocenters. The highest BCUT2D eigenvalue weighted by atomic mass is 16.5. The molecule has 0 heterocycles. The third-order valence-electron chi connectivity index (χ3n) is 2.19. The summed E-state index contributed by atoms with van der Waals surface area (Å²) in [6, 6.07) is 4.77. The Kier molecular flexibility index (Phi) is 5.17. The van der Waals surface area contributed by atoms with Gasteiger partial charge in [-0.05, 0) is 32.0 Å². The van der Waals surface area contributed by atoms with E-state index in [1.807, 2.05) is 13.8 Å². The monoisotopic (exact) mass is 265 g/mol. The summed E-state index contributed by atoms with van der Waals surface area (Å²) in [4.78, 5) is 22.7. The van der Waals surface area contributed by atoms with Crippen LogP contribution in [0.15, 0.2) is 18.2 Å². The highest BCUT2D eigenvalue weighted by molar-refractivity contribution is 5.94. The summed E-state index contributed by atoms with van der Waals surface area (Å²) in [6.07, 6.45) is 0. The van der Waals surface area contributed by atoms with Gasteiger partial charge in [-0.15, -0.1) is 0 Å². The lowest BCUT2D eigenvalue weighted by Crippen LogP contribution is -2.34. The van der Waals surface area contributed by atoms with E-state index < -0.39 is 0 Å². The van der Waals surface area contributed by atoms with E-state index in [9.17, 15) is 9.59 Å². The Morgan fingerprint density at radius 3 is 2.42 bits per heavy atom. The third-order valence-corrected chi connectivity index (χ3v) is 2.19. The van der Waals surface area contributed by atoms with Crippen LogP contribution >= 0.6 is 0 Å². The zero-order chi connectivity index (χ0) is 14.4. The summed E-state index contributed by atoms with van der Waals surface area (Å²) in [7, 11) is 1.51. The molecule has 104 valence electrons. The maximum absolute atomic E-state index is 11.6. The Morgan fingerprint density at radius 1 is 1.21 bits per heavy atom. The minimum Gasteiger partial charge on any atom is -0.495 e. The molecule has 0 bridgehead atoms. The molecule has 0 atom stereocenters. The molecular formula is C13H19N3O3. The minimum absolute atomic E-state index is 0.0491. The molecule has 0 saturated carbocycles. The second-order valence-electron chi connectivity index (χ2n) is 4.35. The molecule has 0 aliphatic rings. The van der Waals surface area contributed by atoms with E-state index in [1.54, 1.807) is 18.2 Å². The van der Waals surface area contributed by atoms with E-state index >= 15 is 0 Å². The van der Waals surface area contributed by atoms with Gasteiger partial charge >= 0.3 is 6.03 Å². The number of nitrogens with one attached hydrogen (secondary N) is 3. The van der Waals surface area contributed by atoms with Gasteiger partial charge in [0.25, 0.3) is 0 Å². The van der Waals surface area contributed by atoms with Gasteiger partial charge < -0.3 is 20.7 Å². The Morgan fingerprint density at radius 2 is 1.89 bits per heavy atom. The second-order valence-corrected chi connectivity index (χ2v) is 4.35. The zero-order valence-electron chi connectivity index (χ0n) is 11.5. The van der Waals surface area contributed by atoms with Crippen molar-refractivity contribution < 1.29 is 14.3 Å². The van der Waals surface area contributed by atoms with Gasteiger partial charge in [0.1, 0.15) is 5.75 Å². The predicted octanol–water partition coefficient (Wildman–Crippen LogP) is 2.18. The van der Waals surface area contributed by atoms with Crippen molar-refractivity contribution in [2.75, 3.05) is 17.7 Å². The first-order valence-electron chi connectivity index (χ1n) is 5.95. The summed E-state index contributed by atoms with van der Waals surface area (Å²) < 4.78 is 5.13. The number of hydrogen-bond donors (Lipinski definition) is 3. The lowest BCUT2D eigenvalue weighted by Gasteiger charge is -2.13. The van der Waals surface area contributed by atoms with Crippen molar-refractivity contribution in [2.45, 2.75) is 26.8 Å². The minimum atomic E-state index is -0.297. The largest absolute Gasteiger partial charge is 0.495 e.